The van der Waals surface area contributed by atoms with E-state index >= 15 is 0 Å². The van der Waals surface area contributed by atoms with Crippen LogP contribution in [0.2, 0.25) is 0 Å². The molecule has 1 aliphatic rings. The number of alkyl halides is 1. The molecule has 12 heteroatoms. The Hall–Kier alpha value is -3.25. The first kappa shape index (κ1) is 21.0. The summed E-state index contributed by atoms with van der Waals surface area (Å²) in [7, 11) is 1.60. The molecule has 31 heavy (non-hydrogen) atoms. The maximum atomic E-state index is 14.8. The van der Waals surface area contributed by atoms with E-state index in [9.17, 15) is 9.18 Å². The fourth-order valence-corrected chi connectivity index (χ4v) is 3.30. The van der Waals surface area contributed by atoms with E-state index < -0.39 is 24.5 Å². The number of H-pyrrole nitrogens is 1. The topological polar surface area (TPSA) is 128 Å². The number of halogens is 1. The van der Waals surface area contributed by atoms with Crippen LogP contribution in [0.3, 0.4) is 0 Å². The van der Waals surface area contributed by atoms with Crippen LogP contribution in [0.1, 0.15) is 31.3 Å². The molecule has 1 fully saturated rings. The summed E-state index contributed by atoms with van der Waals surface area (Å²) in [6.45, 7) is 3.92. The molecule has 11 nitrogen and oxygen atoms in total. The van der Waals surface area contributed by atoms with Gasteiger partial charge in [0.1, 0.15) is 11.6 Å². The molecule has 0 saturated carbocycles. The largest absolute Gasteiger partial charge is 0.441 e. The van der Waals surface area contributed by atoms with Gasteiger partial charge in [-0.05, 0) is 19.9 Å². The number of carbonyl (C=O) groups excluding carboxylic acids is 1. The van der Waals surface area contributed by atoms with Gasteiger partial charge in [0.15, 0.2) is 23.9 Å². The van der Waals surface area contributed by atoms with Crippen molar-refractivity contribution in [2.75, 3.05) is 19.0 Å². The lowest BCUT2D eigenvalue weighted by molar-refractivity contribution is 0.0615. The van der Waals surface area contributed by atoms with Crippen molar-refractivity contribution in [1.82, 2.24) is 30.1 Å². The number of hydrogen-bond donors (Lipinski definition) is 3. The van der Waals surface area contributed by atoms with Crippen LogP contribution < -0.4 is 10.6 Å². The highest BCUT2D eigenvalue weighted by molar-refractivity contribution is 5.72. The molecule has 3 atom stereocenters. The van der Waals surface area contributed by atoms with Gasteiger partial charge < -0.3 is 24.8 Å². The highest BCUT2D eigenvalue weighted by atomic mass is 19.1. The SMILES string of the molecule is COCc1cc2c(Nc3cc([C@H]4OC[C@@H](OC(=O)NC(C)C)[C@H]4F)[nH]n3)nccn2n1. The van der Waals surface area contributed by atoms with E-state index in [0.29, 0.717) is 23.9 Å². The lowest BCUT2D eigenvalue weighted by Crippen LogP contribution is -2.36. The third-order valence-corrected chi connectivity index (χ3v) is 4.63. The fourth-order valence-electron chi connectivity index (χ4n) is 3.30. The summed E-state index contributed by atoms with van der Waals surface area (Å²) in [6, 6.07) is 3.38. The first-order valence-electron chi connectivity index (χ1n) is 9.82. The Labute approximate surface area is 177 Å². The molecule has 0 aliphatic carbocycles. The molecule has 0 spiro atoms. The molecule has 0 aromatic carbocycles. The molecular weight excluding hydrogens is 409 g/mol. The Morgan fingerprint density at radius 2 is 2.29 bits per heavy atom. The van der Waals surface area contributed by atoms with Crippen molar-refractivity contribution in [3.05, 3.63) is 35.9 Å². The number of aromatic nitrogens is 5. The zero-order valence-corrected chi connectivity index (χ0v) is 17.3. The smallest absolute Gasteiger partial charge is 0.407 e. The third-order valence-electron chi connectivity index (χ3n) is 4.63. The summed E-state index contributed by atoms with van der Waals surface area (Å²) >= 11 is 0. The summed E-state index contributed by atoms with van der Waals surface area (Å²) in [5.41, 5.74) is 1.92. The van der Waals surface area contributed by atoms with Gasteiger partial charge in [-0.2, -0.15) is 10.2 Å². The van der Waals surface area contributed by atoms with E-state index in [0.717, 1.165) is 11.2 Å². The molecule has 166 valence electrons. The van der Waals surface area contributed by atoms with Gasteiger partial charge in [0.05, 0.1) is 24.6 Å². The van der Waals surface area contributed by atoms with Crippen LogP contribution in [0.25, 0.3) is 5.52 Å². The summed E-state index contributed by atoms with van der Waals surface area (Å²) in [4.78, 5) is 16.1. The van der Waals surface area contributed by atoms with Crippen molar-refractivity contribution in [1.29, 1.82) is 0 Å². The van der Waals surface area contributed by atoms with Crippen molar-refractivity contribution >= 4 is 23.2 Å². The number of alkyl carbamates (subject to hydrolysis) is 1. The fraction of sp³-hybridized carbons (Fsp3) is 0.474. The summed E-state index contributed by atoms with van der Waals surface area (Å²) < 4.78 is 32.3. The molecule has 3 N–H and O–H groups in total. The Morgan fingerprint density at radius 3 is 3.06 bits per heavy atom. The lowest BCUT2D eigenvalue weighted by Gasteiger charge is -2.16. The predicted molar refractivity (Wildman–Crippen MR) is 108 cm³/mol. The zero-order chi connectivity index (χ0) is 22.0. The van der Waals surface area contributed by atoms with Crippen molar-refractivity contribution < 1.29 is 23.4 Å². The number of carbonyl (C=O) groups is 1. The second-order valence-corrected chi connectivity index (χ2v) is 7.45. The first-order valence-corrected chi connectivity index (χ1v) is 9.82. The van der Waals surface area contributed by atoms with Crippen molar-refractivity contribution in [3.8, 4) is 0 Å². The second-order valence-electron chi connectivity index (χ2n) is 7.45. The average molecular weight is 433 g/mol. The van der Waals surface area contributed by atoms with Crippen LogP contribution in [0, 0.1) is 0 Å². The lowest BCUT2D eigenvalue weighted by atomic mass is 10.1. The van der Waals surface area contributed by atoms with Crippen LogP contribution in [0.15, 0.2) is 24.5 Å². The van der Waals surface area contributed by atoms with E-state index in [2.05, 4.69) is 30.9 Å². The number of hydrogen-bond acceptors (Lipinski definition) is 8. The quantitative estimate of drug-likeness (QED) is 0.518. The van der Waals surface area contributed by atoms with E-state index in [1.807, 2.05) is 6.07 Å². The van der Waals surface area contributed by atoms with Gasteiger partial charge in [0.2, 0.25) is 0 Å². The normalized spacial score (nSPS) is 21.0. The van der Waals surface area contributed by atoms with Gasteiger partial charge >= 0.3 is 6.09 Å². The molecule has 0 radical (unpaired) electrons. The van der Waals surface area contributed by atoms with Crippen LogP contribution >= 0.6 is 0 Å². The average Bonchev–Trinajstić information content (AvgIpc) is 3.41. The number of nitrogens with one attached hydrogen (secondary N) is 3. The Bertz CT molecular complexity index is 1050. The highest BCUT2D eigenvalue weighted by Crippen LogP contribution is 2.33. The first-order chi connectivity index (χ1) is 14.9. The molecule has 1 amide bonds. The van der Waals surface area contributed by atoms with Crippen LogP contribution in [0.4, 0.5) is 20.8 Å². The second kappa shape index (κ2) is 8.86. The molecule has 0 unspecified atom stereocenters. The third kappa shape index (κ3) is 4.59. The molecule has 0 bridgehead atoms. The molecule has 3 aromatic rings. The number of aromatic amines is 1. The number of rotatable bonds is 7. The van der Waals surface area contributed by atoms with Gasteiger partial charge in [-0.25, -0.2) is 18.7 Å². The van der Waals surface area contributed by atoms with Crippen LogP contribution in [0.5, 0.6) is 0 Å². The van der Waals surface area contributed by atoms with E-state index in [4.69, 9.17) is 14.2 Å². The van der Waals surface area contributed by atoms with Crippen molar-refractivity contribution in [3.63, 3.8) is 0 Å². The monoisotopic (exact) mass is 433 g/mol. The van der Waals surface area contributed by atoms with E-state index in [-0.39, 0.29) is 12.6 Å². The summed E-state index contributed by atoms with van der Waals surface area (Å²) in [6.07, 6.45) is -0.790. The summed E-state index contributed by atoms with van der Waals surface area (Å²) in [5.74, 6) is 0.967. The zero-order valence-electron chi connectivity index (χ0n) is 17.3. The van der Waals surface area contributed by atoms with Gasteiger partial charge in [0, 0.05) is 31.6 Å². The van der Waals surface area contributed by atoms with Crippen molar-refractivity contribution in [2.45, 2.75) is 44.9 Å². The van der Waals surface area contributed by atoms with Gasteiger partial charge in [-0.1, -0.05) is 0 Å². The number of ether oxygens (including phenoxy) is 3. The van der Waals surface area contributed by atoms with Crippen LogP contribution in [-0.2, 0) is 20.8 Å². The number of nitrogens with zero attached hydrogens (tertiary/aromatic N) is 4. The van der Waals surface area contributed by atoms with E-state index in [1.165, 1.54) is 0 Å². The molecule has 4 rings (SSSR count). The van der Waals surface area contributed by atoms with Gasteiger partial charge in [0.25, 0.3) is 0 Å². The van der Waals surface area contributed by atoms with Crippen molar-refractivity contribution in [2.24, 2.45) is 0 Å². The molecule has 4 heterocycles. The number of methoxy groups -OCH3 is 1. The predicted octanol–water partition coefficient (Wildman–Crippen LogP) is 2.25. The molecule has 1 aliphatic heterocycles. The Balaban J connectivity index is 1.44. The Kier molecular flexibility index (Phi) is 6.00. The Morgan fingerprint density at radius 1 is 1.45 bits per heavy atom. The number of fused-ring (bicyclic) bond motifs is 1. The number of amides is 1. The highest BCUT2D eigenvalue weighted by Gasteiger charge is 2.42. The maximum absolute atomic E-state index is 14.8. The summed E-state index contributed by atoms with van der Waals surface area (Å²) in [5, 5.41) is 17.0. The molecular formula is C19H24FN7O4. The van der Waals surface area contributed by atoms with E-state index in [1.54, 1.807) is 43.9 Å². The molecule has 1 saturated heterocycles. The molecule has 3 aromatic heterocycles. The van der Waals surface area contributed by atoms with Gasteiger partial charge in [-0.3, -0.25) is 5.10 Å². The minimum Gasteiger partial charge on any atom is -0.441 e. The van der Waals surface area contributed by atoms with Gasteiger partial charge in [-0.15, -0.1) is 0 Å². The number of anilines is 2. The van der Waals surface area contributed by atoms with Crippen LogP contribution in [-0.4, -0.2) is 62.9 Å². The maximum Gasteiger partial charge on any atom is 0.407 e. The standard InChI is InChI=1S/C19H24FN7O4/c1-10(2)22-19(28)31-14-9-30-17(16(14)20)12-7-15(25-24-12)23-18-13-6-11(8-29-3)26-27(13)5-4-21-18/h4-7,10,14,16-17H,8-9H2,1-3H3,(H,22,28)(H2,21,23,24,25)/t14-,16-,17-/m1/s1. The minimum atomic E-state index is -1.53. The minimum absolute atomic E-state index is 0.0436.